The van der Waals surface area contributed by atoms with E-state index in [1.165, 1.54) is 0 Å². The van der Waals surface area contributed by atoms with Gasteiger partial charge in [0.25, 0.3) is 0 Å². The van der Waals surface area contributed by atoms with E-state index >= 15 is 0 Å². The van der Waals surface area contributed by atoms with Gasteiger partial charge in [-0.1, -0.05) is 12.1 Å². The number of nitrogen functional groups attached to an aromatic ring is 1. The first-order chi connectivity index (χ1) is 9.10. The van der Waals surface area contributed by atoms with E-state index in [0.29, 0.717) is 6.61 Å². The summed E-state index contributed by atoms with van der Waals surface area (Å²) in [7, 11) is 1.66. The van der Waals surface area contributed by atoms with E-state index in [1.807, 2.05) is 50.2 Å². The number of ether oxygens (including phenoxy) is 2. The van der Waals surface area contributed by atoms with E-state index in [1.54, 1.807) is 7.11 Å². The zero-order chi connectivity index (χ0) is 13.8. The van der Waals surface area contributed by atoms with Gasteiger partial charge in [0.15, 0.2) is 0 Å². The molecule has 0 spiro atoms. The molecule has 0 heterocycles. The molecule has 0 saturated carbocycles. The highest BCUT2D eigenvalue weighted by Crippen LogP contribution is 2.25. The third-order valence-corrected chi connectivity index (χ3v) is 3.12. The lowest BCUT2D eigenvalue weighted by atomic mass is 10.1. The summed E-state index contributed by atoms with van der Waals surface area (Å²) in [6.07, 6.45) is 0. The molecule has 19 heavy (non-hydrogen) atoms. The average molecular weight is 257 g/mol. The van der Waals surface area contributed by atoms with E-state index in [2.05, 4.69) is 0 Å². The van der Waals surface area contributed by atoms with Crippen LogP contribution in [0.5, 0.6) is 11.5 Å². The van der Waals surface area contributed by atoms with E-state index < -0.39 is 0 Å². The van der Waals surface area contributed by atoms with Gasteiger partial charge in [-0.3, -0.25) is 0 Å². The van der Waals surface area contributed by atoms with Gasteiger partial charge in [-0.15, -0.1) is 0 Å². The highest BCUT2D eigenvalue weighted by atomic mass is 16.5. The Kier molecular flexibility index (Phi) is 3.95. The van der Waals surface area contributed by atoms with Crippen LogP contribution >= 0.6 is 0 Å². The van der Waals surface area contributed by atoms with Crippen molar-refractivity contribution >= 4 is 5.69 Å². The molecule has 0 aliphatic heterocycles. The van der Waals surface area contributed by atoms with Crippen LogP contribution in [0.25, 0.3) is 0 Å². The maximum atomic E-state index is 5.86. The molecule has 3 nitrogen and oxygen atoms in total. The predicted molar refractivity (Wildman–Crippen MR) is 77.7 cm³/mol. The molecular weight excluding hydrogens is 238 g/mol. The fourth-order valence-electron chi connectivity index (χ4n) is 1.85. The molecule has 0 aromatic heterocycles. The van der Waals surface area contributed by atoms with Crippen molar-refractivity contribution in [3.63, 3.8) is 0 Å². The Morgan fingerprint density at radius 1 is 1.00 bits per heavy atom. The fraction of sp³-hybridized carbons (Fsp3) is 0.250. The third-order valence-electron chi connectivity index (χ3n) is 3.12. The number of hydrogen-bond donors (Lipinski definition) is 1. The summed E-state index contributed by atoms with van der Waals surface area (Å²) in [6.45, 7) is 4.52. The zero-order valence-corrected chi connectivity index (χ0v) is 11.6. The van der Waals surface area contributed by atoms with Crippen LogP contribution < -0.4 is 15.2 Å². The largest absolute Gasteiger partial charge is 0.497 e. The van der Waals surface area contributed by atoms with Gasteiger partial charge in [0.05, 0.1) is 7.11 Å². The van der Waals surface area contributed by atoms with E-state index in [-0.39, 0.29) is 0 Å². The summed E-state index contributed by atoms with van der Waals surface area (Å²) in [6, 6.07) is 11.8. The number of methoxy groups -OCH3 is 1. The molecule has 0 aliphatic carbocycles. The SMILES string of the molecule is COc1ccc(COc2cc(C)c(N)cc2C)cc1. The van der Waals surface area contributed by atoms with Crippen molar-refractivity contribution in [1.82, 2.24) is 0 Å². The maximum Gasteiger partial charge on any atom is 0.123 e. The van der Waals surface area contributed by atoms with Crippen LogP contribution in [0, 0.1) is 13.8 Å². The Balaban J connectivity index is 2.07. The topological polar surface area (TPSA) is 44.5 Å². The minimum atomic E-state index is 0.536. The third kappa shape index (κ3) is 3.19. The van der Waals surface area contributed by atoms with E-state index in [4.69, 9.17) is 15.2 Å². The minimum absolute atomic E-state index is 0.536. The molecule has 0 aliphatic rings. The first kappa shape index (κ1) is 13.3. The smallest absolute Gasteiger partial charge is 0.123 e. The maximum absolute atomic E-state index is 5.86. The van der Waals surface area contributed by atoms with Crippen LogP contribution in [-0.4, -0.2) is 7.11 Å². The van der Waals surface area contributed by atoms with Gasteiger partial charge in [0, 0.05) is 5.69 Å². The van der Waals surface area contributed by atoms with Gasteiger partial charge in [0.1, 0.15) is 18.1 Å². The Labute approximate surface area is 114 Å². The number of aryl methyl sites for hydroxylation is 2. The van der Waals surface area contributed by atoms with Crippen molar-refractivity contribution in [2.24, 2.45) is 0 Å². The summed E-state index contributed by atoms with van der Waals surface area (Å²) < 4.78 is 11.0. The molecular formula is C16H19NO2. The number of hydrogen-bond acceptors (Lipinski definition) is 3. The first-order valence-corrected chi connectivity index (χ1v) is 6.22. The van der Waals surface area contributed by atoms with Gasteiger partial charge >= 0.3 is 0 Å². The molecule has 3 heteroatoms. The van der Waals surface area contributed by atoms with Crippen LogP contribution in [0.4, 0.5) is 5.69 Å². The molecule has 0 saturated heterocycles. The Morgan fingerprint density at radius 2 is 1.68 bits per heavy atom. The van der Waals surface area contributed by atoms with Gasteiger partial charge < -0.3 is 15.2 Å². The molecule has 2 N–H and O–H groups in total. The second kappa shape index (κ2) is 5.65. The second-order valence-corrected chi connectivity index (χ2v) is 4.61. The first-order valence-electron chi connectivity index (χ1n) is 6.22. The van der Waals surface area contributed by atoms with Crippen molar-refractivity contribution < 1.29 is 9.47 Å². The molecule has 2 aromatic rings. The van der Waals surface area contributed by atoms with Gasteiger partial charge in [-0.2, -0.15) is 0 Å². The monoisotopic (exact) mass is 257 g/mol. The van der Waals surface area contributed by atoms with Crippen molar-refractivity contribution in [2.45, 2.75) is 20.5 Å². The quantitative estimate of drug-likeness (QED) is 0.853. The average Bonchev–Trinajstić information content (AvgIpc) is 2.42. The van der Waals surface area contributed by atoms with Gasteiger partial charge in [-0.25, -0.2) is 0 Å². The predicted octanol–water partition coefficient (Wildman–Crippen LogP) is 3.47. The minimum Gasteiger partial charge on any atom is -0.497 e. The molecule has 2 rings (SSSR count). The summed E-state index contributed by atoms with van der Waals surface area (Å²) in [5.41, 5.74) is 9.86. The van der Waals surface area contributed by atoms with Crippen LogP contribution in [0.15, 0.2) is 36.4 Å². The summed E-state index contributed by atoms with van der Waals surface area (Å²) >= 11 is 0. The van der Waals surface area contributed by atoms with Crippen LogP contribution in [0.2, 0.25) is 0 Å². The summed E-state index contributed by atoms with van der Waals surface area (Å²) in [5, 5.41) is 0. The molecule has 0 unspecified atom stereocenters. The van der Waals surface area contributed by atoms with Gasteiger partial charge in [0.2, 0.25) is 0 Å². The Bertz CT molecular complexity index is 562. The van der Waals surface area contributed by atoms with Crippen LogP contribution in [0.3, 0.4) is 0 Å². The molecule has 0 amide bonds. The van der Waals surface area contributed by atoms with Crippen molar-refractivity contribution in [3.05, 3.63) is 53.1 Å². The number of rotatable bonds is 4. The lowest BCUT2D eigenvalue weighted by Gasteiger charge is -2.12. The molecule has 2 aromatic carbocycles. The standard InChI is InChI=1S/C16H19NO2/c1-11-9-16(12(2)8-15(11)17)19-10-13-4-6-14(18-3)7-5-13/h4-9H,10,17H2,1-3H3. The number of anilines is 1. The van der Waals surface area contributed by atoms with Crippen molar-refractivity contribution in [3.8, 4) is 11.5 Å². The Hall–Kier alpha value is -2.16. The van der Waals surface area contributed by atoms with Crippen molar-refractivity contribution in [1.29, 1.82) is 0 Å². The van der Waals surface area contributed by atoms with E-state index in [9.17, 15) is 0 Å². The molecule has 0 bridgehead atoms. The van der Waals surface area contributed by atoms with E-state index in [0.717, 1.165) is 33.9 Å². The zero-order valence-electron chi connectivity index (χ0n) is 11.6. The highest BCUT2D eigenvalue weighted by Gasteiger charge is 2.04. The molecule has 100 valence electrons. The summed E-state index contributed by atoms with van der Waals surface area (Å²) in [4.78, 5) is 0. The lowest BCUT2D eigenvalue weighted by molar-refractivity contribution is 0.303. The normalized spacial score (nSPS) is 10.3. The Morgan fingerprint density at radius 3 is 2.32 bits per heavy atom. The molecule has 0 atom stereocenters. The molecule has 0 radical (unpaired) electrons. The van der Waals surface area contributed by atoms with Gasteiger partial charge in [-0.05, 0) is 54.8 Å². The highest BCUT2D eigenvalue weighted by molar-refractivity contribution is 5.53. The van der Waals surface area contributed by atoms with Crippen LogP contribution in [-0.2, 0) is 6.61 Å². The molecule has 0 fully saturated rings. The van der Waals surface area contributed by atoms with Crippen LogP contribution in [0.1, 0.15) is 16.7 Å². The fourth-order valence-corrected chi connectivity index (χ4v) is 1.85. The second-order valence-electron chi connectivity index (χ2n) is 4.61. The lowest BCUT2D eigenvalue weighted by Crippen LogP contribution is -1.99. The summed E-state index contributed by atoms with van der Waals surface area (Å²) in [5.74, 6) is 1.73. The van der Waals surface area contributed by atoms with Crippen molar-refractivity contribution in [2.75, 3.05) is 12.8 Å². The number of benzene rings is 2. The number of nitrogens with two attached hydrogens (primary N) is 1.